The van der Waals surface area contributed by atoms with E-state index < -0.39 is 0 Å². The fraction of sp³-hybridized carbons (Fsp3) is 1.00. The lowest BCUT2D eigenvalue weighted by atomic mass is 10.0. The molecule has 0 amide bonds. The molecule has 0 aromatic carbocycles. The lowest BCUT2D eigenvalue weighted by Gasteiger charge is -2.39. The molecular formula is C15H33N3. The Bertz CT molecular complexity index is 190. The summed E-state index contributed by atoms with van der Waals surface area (Å²) in [5, 5.41) is 0. The third-order valence-electron chi connectivity index (χ3n) is 4.21. The Morgan fingerprint density at radius 1 is 0.667 bits per heavy atom. The van der Waals surface area contributed by atoms with Crippen LogP contribution in [0, 0.1) is 0 Å². The average Bonchev–Trinajstić information content (AvgIpc) is 2.37. The molecule has 3 heteroatoms. The van der Waals surface area contributed by atoms with Crippen molar-refractivity contribution >= 4 is 0 Å². The maximum atomic E-state index is 2.74. The van der Waals surface area contributed by atoms with Gasteiger partial charge in [-0.25, -0.2) is 0 Å². The van der Waals surface area contributed by atoms with E-state index in [0.717, 1.165) is 6.04 Å². The largest absolute Gasteiger partial charge is 0.306 e. The van der Waals surface area contributed by atoms with Crippen molar-refractivity contribution < 1.29 is 0 Å². The summed E-state index contributed by atoms with van der Waals surface area (Å²) >= 11 is 0. The van der Waals surface area contributed by atoms with Crippen molar-refractivity contribution in [3.63, 3.8) is 0 Å². The molecule has 0 aromatic rings. The van der Waals surface area contributed by atoms with Crippen molar-refractivity contribution in [1.29, 1.82) is 0 Å². The van der Waals surface area contributed by atoms with Crippen molar-refractivity contribution in [1.82, 2.24) is 14.7 Å². The van der Waals surface area contributed by atoms with Gasteiger partial charge in [0.25, 0.3) is 0 Å². The number of hydrogen-bond donors (Lipinski definition) is 0. The molecule has 108 valence electrons. The van der Waals surface area contributed by atoms with Crippen LogP contribution in [-0.4, -0.2) is 74.1 Å². The second kappa shape index (κ2) is 8.89. The van der Waals surface area contributed by atoms with Gasteiger partial charge in [0, 0.05) is 32.2 Å². The van der Waals surface area contributed by atoms with Gasteiger partial charge in [-0.1, -0.05) is 13.8 Å². The van der Waals surface area contributed by atoms with Gasteiger partial charge in [0.05, 0.1) is 0 Å². The van der Waals surface area contributed by atoms with Crippen LogP contribution in [0.5, 0.6) is 0 Å². The highest BCUT2D eigenvalue weighted by Crippen LogP contribution is 2.18. The minimum absolute atomic E-state index is 0.877. The molecule has 2 aliphatic heterocycles. The van der Waals surface area contributed by atoms with Gasteiger partial charge in [0.1, 0.15) is 0 Å². The van der Waals surface area contributed by atoms with Gasteiger partial charge in [-0.2, -0.15) is 0 Å². The Labute approximate surface area is 114 Å². The van der Waals surface area contributed by atoms with Crippen LogP contribution in [-0.2, 0) is 0 Å². The van der Waals surface area contributed by atoms with Crippen molar-refractivity contribution in [2.45, 2.75) is 45.6 Å². The van der Waals surface area contributed by atoms with E-state index in [-0.39, 0.29) is 0 Å². The monoisotopic (exact) mass is 255 g/mol. The number of nitrogens with zero attached hydrogens (tertiary/aromatic N) is 3. The van der Waals surface area contributed by atoms with Gasteiger partial charge in [-0.15, -0.1) is 0 Å². The molecule has 0 unspecified atom stereocenters. The molecule has 0 bridgehead atoms. The lowest BCUT2D eigenvalue weighted by molar-refractivity contribution is 0.0913. The Morgan fingerprint density at radius 2 is 1.11 bits per heavy atom. The molecule has 0 spiro atoms. The van der Waals surface area contributed by atoms with Crippen LogP contribution in [0.3, 0.4) is 0 Å². The summed E-state index contributed by atoms with van der Waals surface area (Å²) in [6, 6.07) is 0.877. The fourth-order valence-corrected chi connectivity index (χ4v) is 3.00. The van der Waals surface area contributed by atoms with E-state index in [4.69, 9.17) is 0 Å². The topological polar surface area (TPSA) is 9.72 Å². The summed E-state index contributed by atoms with van der Waals surface area (Å²) in [5.74, 6) is 0. The van der Waals surface area contributed by atoms with Gasteiger partial charge >= 0.3 is 0 Å². The highest BCUT2D eigenvalue weighted by Gasteiger charge is 2.23. The Kier molecular flexibility index (Phi) is 7.87. The third-order valence-corrected chi connectivity index (χ3v) is 4.21. The highest BCUT2D eigenvalue weighted by atomic mass is 15.3. The van der Waals surface area contributed by atoms with Gasteiger partial charge in [-0.05, 0) is 52.9 Å². The first-order valence-electron chi connectivity index (χ1n) is 7.87. The van der Waals surface area contributed by atoms with Crippen LogP contribution in [0.25, 0.3) is 0 Å². The van der Waals surface area contributed by atoms with Crippen molar-refractivity contribution in [2.75, 3.05) is 53.4 Å². The van der Waals surface area contributed by atoms with Gasteiger partial charge in [0.15, 0.2) is 0 Å². The van der Waals surface area contributed by atoms with E-state index in [0.29, 0.717) is 0 Å². The molecule has 0 aromatic heterocycles. The van der Waals surface area contributed by atoms with E-state index in [1.54, 1.807) is 0 Å². The third kappa shape index (κ3) is 5.25. The van der Waals surface area contributed by atoms with Gasteiger partial charge in [0.2, 0.25) is 0 Å². The number of piperazine rings is 1. The maximum absolute atomic E-state index is 2.74. The SMILES string of the molecule is CC.CN1CCCC(N2CCN(C)CC2)CCC1. The van der Waals surface area contributed by atoms with Crippen LogP contribution in [0.15, 0.2) is 0 Å². The zero-order chi connectivity index (χ0) is 13.4. The molecule has 0 saturated carbocycles. The van der Waals surface area contributed by atoms with E-state index in [1.807, 2.05) is 13.8 Å². The molecule has 18 heavy (non-hydrogen) atoms. The summed E-state index contributed by atoms with van der Waals surface area (Å²) in [7, 11) is 4.50. The first-order valence-corrected chi connectivity index (χ1v) is 7.87. The molecule has 0 aliphatic carbocycles. The van der Waals surface area contributed by atoms with E-state index in [1.165, 1.54) is 65.0 Å². The fourth-order valence-electron chi connectivity index (χ4n) is 3.00. The lowest BCUT2D eigenvalue weighted by Crippen LogP contribution is -2.49. The molecule has 2 rings (SSSR count). The van der Waals surface area contributed by atoms with Crippen LogP contribution in [0.1, 0.15) is 39.5 Å². The molecule has 2 aliphatic rings. The molecule has 0 atom stereocenters. The molecule has 2 heterocycles. The van der Waals surface area contributed by atoms with Crippen LogP contribution in [0.4, 0.5) is 0 Å². The van der Waals surface area contributed by atoms with Crippen LogP contribution >= 0.6 is 0 Å². The smallest absolute Gasteiger partial charge is 0.0113 e. The quantitative estimate of drug-likeness (QED) is 0.711. The standard InChI is InChI=1S/C13H27N3.C2H6/c1-14-7-3-5-13(6-4-8-14)16-11-9-15(2)10-12-16;1-2/h13H,3-12H2,1-2H3;1-2H3. The minimum Gasteiger partial charge on any atom is -0.306 e. The van der Waals surface area contributed by atoms with E-state index in [9.17, 15) is 0 Å². The minimum atomic E-state index is 0.877. The van der Waals surface area contributed by atoms with Gasteiger partial charge in [-0.3, -0.25) is 4.90 Å². The summed E-state index contributed by atoms with van der Waals surface area (Å²) in [6.45, 7) is 11.7. The molecule has 0 radical (unpaired) electrons. The summed E-state index contributed by atoms with van der Waals surface area (Å²) in [6.07, 6.45) is 5.59. The zero-order valence-corrected chi connectivity index (χ0v) is 13.0. The van der Waals surface area contributed by atoms with Gasteiger partial charge < -0.3 is 9.80 Å². The Hall–Kier alpha value is -0.120. The Balaban J connectivity index is 0.000000771. The Morgan fingerprint density at radius 3 is 1.61 bits per heavy atom. The second-order valence-electron chi connectivity index (χ2n) is 5.58. The normalized spacial score (nSPS) is 26.0. The summed E-state index contributed by atoms with van der Waals surface area (Å²) < 4.78 is 0. The van der Waals surface area contributed by atoms with E-state index in [2.05, 4.69) is 28.8 Å². The average molecular weight is 255 g/mol. The number of rotatable bonds is 1. The second-order valence-corrected chi connectivity index (χ2v) is 5.58. The zero-order valence-electron chi connectivity index (χ0n) is 13.0. The number of hydrogen-bond acceptors (Lipinski definition) is 3. The van der Waals surface area contributed by atoms with Crippen molar-refractivity contribution in [3.05, 3.63) is 0 Å². The highest BCUT2D eigenvalue weighted by molar-refractivity contribution is 4.79. The molecule has 3 nitrogen and oxygen atoms in total. The molecular weight excluding hydrogens is 222 g/mol. The van der Waals surface area contributed by atoms with E-state index >= 15 is 0 Å². The molecule has 2 fully saturated rings. The predicted molar refractivity (Wildman–Crippen MR) is 80.2 cm³/mol. The number of likely N-dealkylation sites (N-methyl/N-ethyl adjacent to an activating group) is 1. The van der Waals surface area contributed by atoms with Crippen LogP contribution < -0.4 is 0 Å². The van der Waals surface area contributed by atoms with Crippen molar-refractivity contribution in [3.8, 4) is 0 Å². The first kappa shape index (κ1) is 15.9. The summed E-state index contributed by atoms with van der Waals surface area (Å²) in [4.78, 5) is 7.68. The first-order chi connectivity index (χ1) is 8.75. The maximum Gasteiger partial charge on any atom is 0.0113 e. The molecule has 0 N–H and O–H groups in total. The predicted octanol–water partition coefficient (Wildman–Crippen LogP) is 2.13. The van der Waals surface area contributed by atoms with Crippen molar-refractivity contribution in [2.24, 2.45) is 0 Å². The molecule has 2 saturated heterocycles. The summed E-state index contributed by atoms with van der Waals surface area (Å²) in [5.41, 5.74) is 0. The van der Waals surface area contributed by atoms with Crippen LogP contribution in [0.2, 0.25) is 0 Å². The number of likely N-dealkylation sites (tertiary alicyclic amines) is 1.